The minimum atomic E-state index is -3.12. The number of sulfone groups is 2. The fourth-order valence-electron chi connectivity index (χ4n) is 1.66. The molecule has 26 heavy (non-hydrogen) atoms. The first-order valence-electron chi connectivity index (χ1n) is 7.06. The van der Waals surface area contributed by atoms with Gasteiger partial charge in [0, 0.05) is 0 Å². The van der Waals surface area contributed by atoms with E-state index in [4.69, 9.17) is 0 Å². The van der Waals surface area contributed by atoms with Gasteiger partial charge in [0.25, 0.3) is 0 Å². The zero-order valence-corrected chi connectivity index (χ0v) is 24.0. The van der Waals surface area contributed by atoms with Gasteiger partial charge in [-0.2, -0.15) is 0 Å². The fraction of sp³-hybridized carbons (Fsp3) is 0.250. The Morgan fingerprint density at radius 3 is 1.00 bits per heavy atom. The molecule has 0 saturated carbocycles. The van der Waals surface area contributed by atoms with E-state index in [1.807, 2.05) is 128 Å². The van der Waals surface area contributed by atoms with E-state index < -0.39 is 22.2 Å². The third-order valence-corrected chi connectivity index (χ3v) is 14.0. The van der Waals surface area contributed by atoms with Crippen molar-refractivity contribution >= 4 is 110 Å². The lowest BCUT2D eigenvalue weighted by Crippen LogP contribution is -2.07. The Morgan fingerprint density at radius 1 is 0.577 bits per heavy atom. The summed E-state index contributed by atoms with van der Waals surface area (Å²) in [6.07, 6.45) is 0. The van der Waals surface area contributed by atoms with Crippen molar-refractivity contribution in [2.24, 2.45) is 0 Å². The molecular weight excluding hydrogens is 828 g/mol. The average molecular weight is 844 g/mol. The summed E-state index contributed by atoms with van der Waals surface area (Å²) in [5, 5.41) is 0. The molecule has 0 unspecified atom stereocenters. The van der Waals surface area contributed by atoms with Crippen LogP contribution in [0.1, 0.15) is 11.1 Å². The van der Waals surface area contributed by atoms with Crippen molar-refractivity contribution in [3.05, 3.63) is 59.7 Å². The SMILES string of the molecule is Cc1ccc(S(=O)(=O)C(I)I)cc1.Cc1ccc(S(=O)(=O)C(I)I)cc1. The molecular formula is C16H16I4O4S2. The Labute approximate surface area is 209 Å². The Balaban J connectivity index is 0.000000260. The first kappa shape index (κ1) is 25.3. The Hall–Kier alpha value is 1.26. The second-order valence-corrected chi connectivity index (χ2v) is 22.4. The minimum Gasteiger partial charge on any atom is -0.222 e. The number of rotatable bonds is 4. The van der Waals surface area contributed by atoms with E-state index in [0.29, 0.717) is 9.79 Å². The van der Waals surface area contributed by atoms with Crippen LogP contribution in [0.25, 0.3) is 0 Å². The summed E-state index contributed by atoms with van der Waals surface area (Å²) >= 11 is 7.58. The van der Waals surface area contributed by atoms with Gasteiger partial charge in [0.1, 0.15) is 0 Å². The number of halogens is 4. The van der Waals surface area contributed by atoms with Gasteiger partial charge in [-0.1, -0.05) is 126 Å². The smallest absolute Gasteiger partial charge is 0.199 e. The second kappa shape index (κ2) is 10.9. The van der Waals surface area contributed by atoms with Crippen molar-refractivity contribution < 1.29 is 16.8 Å². The number of aryl methyl sites for hydroxylation is 2. The average Bonchev–Trinajstić information content (AvgIpc) is 2.56. The highest BCUT2D eigenvalue weighted by Crippen LogP contribution is 2.26. The first-order valence-corrected chi connectivity index (χ1v) is 15.1. The third kappa shape index (κ3) is 7.26. The van der Waals surface area contributed by atoms with Gasteiger partial charge in [-0.25, -0.2) is 16.8 Å². The first-order chi connectivity index (χ1) is 11.9. The molecule has 0 N–H and O–H groups in total. The van der Waals surface area contributed by atoms with Crippen LogP contribution in [0.4, 0.5) is 0 Å². The van der Waals surface area contributed by atoms with Gasteiger partial charge in [-0.3, -0.25) is 0 Å². The summed E-state index contributed by atoms with van der Waals surface area (Å²) in [5.41, 5.74) is 2.13. The lowest BCUT2D eigenvalue weighted by molar-refractivity contribution is 0.599. The van der Waals surface area contributed by atoms with Crippen molar-refractivity contribution in [3.63, 3.8) is 0 Å². The van der Waals surface area contributed by atoms with Gasteiger partial charge < -0.3 is 0 Å². The van der Waals surface area contributed by atoms with Crippen molar-refractivity contribution in [2.75, 3.05) is 0 Å². The highest BCUT2D eigenvalue weighted by atomic mass is 127. The molecule has 0 fully saturated rings. The quantitative estimate of drug-likeness (QED) is 0.287. The van der Waals surface area contributed by atoms with Gasteiger partial charge in [0.2, 0.25) is 0 Å². The summed E-state index contributed by atoms with van der Waals surface area (Å²) in [6.45, 7) is 3.87. The molecule has 2 aromatic rings. The zero-order valence-electron chi connectivity index (χ0n) is 13.7. The molecule has 0 atom stereocenters. The molecule has 0 radical (unpaired) electrons. The molecule has 0 heterocycles. The summed E-state index contributed by atoms with van der Waals surface area (Å²) in [6, 6.07) is 13.8. The molecule has 4 nitrogen and oxygen atoms in total. The van der Waals surface area contributed by atoms with Gasteiger partial charge in [0.05, 0.1) is 9.79 Å². The van der Waals surface area contributed by atoms with E-state index in [2.05, 4.69) is 0 Å². The third-order valence-electron chi connectivity index (χ3n) is 3.17. The van der Waals surface area contributed by atoms with Crippen LogP contribution in [0.2, 0.25) is 0 Å². The van der Waals surface area contributed by atoms with Gasteiger partial charge in [-0.05, 0) is 38.1 Å². The monoisotopic (exact) mass is 844 g/mol. The number of hydrogen-bond donors (Lipinski definition) is 0. The maximum Gasteiger partial charge on any atom is 0.199 e. The van der Waals surface area contributed by atoms with E-state index >= 15 is 0 Å². The molecule has 0 aliphatic carbocycles. The standard InChI is InChI=1S/2C8H8I2O2S/c2*1-6-2-4-7(5-3-6)13(11,12)8(9)10/h2*2-5,8H,1H3. The van der Waals surface area contributed by atoms with Crippen molar-refractivity contribution in [3.8, 4) is 0 Å². The van der Waals surface area contributed by atoms with Crippen molar-refractivity contribution in [1.29, 1.82) is 0 Å². The van der Waals surface area contributed by atoms with Crippen LogP contribution in [0.5, 0.6) is 0 Å². The topological polar surface area (TPSA) is 68.3 Å². The summed E-state index contributed by atoms with van der Waals surface area (Å²) < 4.78 is 45.7. The van der Waals surface area contributed by atoms with Crippen molar-refractivity contribution in [2.45, 2.75) is 26.2 Å². The largest absolute Gasteiger partial charge is 0.222 e. The molecule has 0 aliphatic rings. The summed E-state index contributed by atoms with van der Waals surface area (Å²) in [5.74, 6) is 0. The molecule has 144 valence electrons. The lowest BCUT2D eigenvalue weighted by atomic mass is 10.2. The minimum absolute atomic E-state index is 0.395. The predicted molar refractivity (Wildman–Crippen MR) is 140 cm³/mol. The highest BCUT2D eigenvalue weighted by Gasteiger charge is 2.22. The van der Waals surface area contributed by atoms with Crippen LogP contribution < -0.4 is 0 Å². The van der Waals surface area contributed by atoms with Gasteiger partial charge in [0.15, 0.2) is 22.2 Å². The van der Waals surface area contributed by atoms with E-state index in [0.717, 1.165) is 11.1 Å². The van der Waals surface area contributed by atoms with Crippen LogP contribution >= 0.6 is 90.4 Å². The van der Waals surface area contributed by atoms with Crippen LogP contribution in [0.3, 0.4) is 0 Å². The molecule has 2 rings (SSSR count). The lowest BCUT2D eigenvalue weighted by Gasteiger charge is -2.04. The molecule has 0 saturated heterocycles. The van der Waals surface area contributed by atoms with E-state index in [1.165, 1.54) is 0 Å². The predicted octanol–water partition coefficient (Wildman–Crippen LogP) is 5.84. The zero-order chi connectivity index (χ0) is 20.1. The maximum absolute atomic E-state index is 11.6. The van der Waals surface area contributed by atoms with Crippen molar-refractivity contribution in [1.82, 2.24) is 0 Å². The van der Waals surface area contributed by atoms with E-state index in [-0.39, 0.29) is 0 Å². The van der Waals surface area contributed by atoms with Crippen LogP contribution in [-0.4, -0.2) is 19.4 Å². The normalized spacial score (nSPS) is 12.0. The molecule has 10 heteroatoms. The van der Waals surface area contributed by atoms with Gasteiger partial charge >= 0.3 is 0 Å². The summed E-state index contributed by atoms with van der Waals surface area (Å²) in [7, 11) is -6.24. The molecule has 0 bridgehead atoms. The molecule has 0 aromatic heterocycles. The highest BCUT2D eigenvalue weighted by molar-refractivity contribution is 14.2. The van der Waals surface area contributed by atoms with Gasteiger partial charge in [-0.15, -0.1) is 0 Å². The van der Waals surface area contributed by atoms with E-state index in [9.17, 15) is 16.8 Å². The summed E-state index contributed by atoms with van der Waals surface area (Å²) in [4.78, 5) is 0.791. The van der Waals surface area contributed by atoms with Crippen LogP contribution in [0.15, 0.2) is 58.3 Å². The molecule has 0 amide bonds. The Kier molecular flexibility index (Phi) is 10.6. The fourth-order valence-corrected chi connectivity index (χ4v) is 6.63. The number of alkyl halides is 4. The second-order valence-electron chi connectivity index (χ2n) is 5.24. The maximum atomic E-state index is 11.6. The Morgan fingerprint density at radius 2 is 0.808 bits per heavy atom. The number of hydrogen-bond acceptors (Lipinski definition) is 4. The van der Waals surface area contributed by atoms with Crippen LogP contribution in [0, 0.1) is 13.8 Å². The van der Waals surface area contributed by atoms with Crippen LogP contribution in [-0.2, 0) is 19.7 Å². The molecule has 0 aliphatic heterocycles. The van der Waals surface area contributed by atoms with E-state index in [1.54, 1.807) is 24.3 Å². The molecule has 0 spiro atoms. The number of benzene rings is 2. The molecule has 2 aromatic carbocycles. The Bertz CT molecular complexity index is 842.